The first-order valence-corrected chi connectivity index (χ1v) is 16.6. The van der Waals surface area contributed by atoms with Crippen LogP contribution in [0.3, 0.4) is 0 Å². The Hall–Kier alpha value is -2.83. The van der Waals surface area contributed by atoms with E-state index in [-0.39, 0.29) is 48.2 Å². The summed E-state index contributed by atoms with van der Waals surface area (Å²) >= 11 is 1.35. The summed E-state index contributed by atoms with van der Waals surface area (Å²) < 4.78 is 4.69. The van der Waals surface area contributed by atoms with Gasteiger partial charge in [-0.3, -0.25) is 28.8 Å². The number of rotatable bonds is 20. The lowest BCUT2D eigenvalue weighted by molar-refractivity contribution is -0.148. The van der Waals surface area contributed by atoms with Crippen molar-refractivity contribution in [3.05, 3.63) is 0 Å². The van der Waals surface area contributed by atoms with E-state index in [0.29, 0.717) is 25.0 Å². The summed E-state index contributed by atoms with van der Waals surface area (Å²) in [7, 11) is 5.92. The maximum absolute atomic E-state index is 14.0. The molecule has 3 N–H and O–H groups in total. The second-order valence-corrected chi connectivity index (χ2v) is 13.6. The van der Waals surface area contributed by atoms with E-state index >= 15 is 0 Å². The molecule has 0 unspecified atom stereocenters. The van der Waals surface area contributed by atoms with Crippen LogP contribution in [0.15, 0.2) is 0 Å². The normalized spacial score (nSPS) is 14.0. The number of hydrogen-bond acceptors (Lipinski definition) is 8. The number of esters is 1. The number of methoxy groups -OCH3 is 1. The molecule has 254 valence electrons. The molecule has 12 nitrogen and oxygen atoms in total. The van der Waals surface area contributed by atoms with Gasteiger partial charge >= 0.3 is 5.97 Å². The number of thioether (sulfide) groups is 1. The highest BCUT2D eigenvalue weighted by atomic mass is 32.2. The van der Waals surface area contributed by atoms with Crippen molar-refractivity contribution in [1.29, 1.82) is 0 Å². The Balaban J connectivity index is 6.20. The summed E-state index contributed by atoms with van der Waals surface area (Å²) in [6, 6.07) is -3.59. The molecule has 0 aliphatic heterocycles. The summed E-state index contributed by atoms with van der Waals surface area (Å²) in [6.07, 6.45) is 1.74. The quantitative estimate of drug-likeness (QED) is 0.151. The summed E-state index contributed by atoms with van der Waals surface area (Å²) in [5, 5.41) is 2.85. The molecule has 0 saturated heterocycles. The number of ether oxygens (including phenoxy) is 1. The summed E-state index contributed by atoms with van der Waals surface area (Å²) in [5.74, 6) is -2.11. The van der Waals surface area contributed by atoms with Crippen LogP contribution in [0.25, 0.3) is 0 Å². The first kappa shape index (κ1) is 41.2. The lowest BCUT2D eigenvalue weighted by Gasteiger charge is -2.36. The van der Waals surface area contributed by atoms with Gasteiger partial charge < -0.3 is 30.5 Å². The van der Waals surface area contributed by atoms with E-state index in [1.807, 2.05) is 34.6 Å². The molecular formula is C31H57N5O7S. The zero-order valence-electron chi connectivity index (χ0n) is 28.7. The van der Waals surface area contributed by atoms with E-state index < -0.39 is 47.8 Å². The van der Waals surface area contributed by atoms with E-state index in [4.69, 9.17) is 10.5 Å². The Labute approximate surface area is 268 Å². The van der Waals surface area contributed by atoms with Gasteiger partial charge in [0.25, 0.3) is 0 Å². The molecule has 0 saturated carbocycles. The Morgan fingerprint density at radius 1 is 0.773 bits per heavy atom. The lowest BCUT2D eigenvalue weighted by atomic mass is 9.97. The van der Waals surface area contributed by atoms with Crippen LogP contribution in [-0.4, -0.2) is 114 Å². The minimum atomic E-state index is -0.960. The predicted octanol–water partition coefficient (Wildman–Crippen LogP) is 2.28. The van der Waals surface area contributed by atoms with Crippen LogP contribution in [0.1, 0.15) is 80.6 Å². The second kappa shape index (κ2) is 20.2. The first-order valence-electron chi connectivity index (χ1n) is 15.4. The average molecular weight is 644 g/mol. The molecule has 0 aliphatic carbocycles. The zero-order valence-corrected chi connectivity index (χ0v) is 29.5. The summed E-state index contributed by atoms with van der Waals surface area (Å²) in [5.41, 5.74) is 5.62. The fraction of sp³-hybridized carbons (Fsp3) is 0.806. The van der Waals surface area contributed by atoms with E-state index in [2.05, 4.69) is 5.32 Å². The van der Waals surface area contributed by atoms with Gasteiger partial charge in [0.15, 0.2) is 0 Å². The van der Waals surface area contributed by atoms with Crippen LogP contribution in [0.4, 0.5) is 0 Å². The number of hydrogen-bond donors (Lipinski definition) is 2. The standard InChI is InChI=1S/C31H57N5O7S/c1-12-13-25(37)34(8)24(18-44-15-14-26(38)43-11)30(41)36(10)23(17-20(4)5)29(40)33-27(21(6)7)31(42)35(9)22(28(32)39)16-19(2)3/h19-24,27H,12-18H2,1-11H3,(H2,32,39)(H,33,40)/t22-,23-,24+,27-/m0/s1. The number of carbonyl (C=O) groups is 6. The molecule has 5 amide bonds. The van der Waals surface area contributed by atoms with Gasteiger partial charge in [-0.05, 0) is 37.0 Å². The van der Waals surface area contributed by atoms with Crippen molar-refractivity contribution in [2.45, 2.75) is 105 Å². The smallest absolute Gasteiger partial charge is 0.306 e. The molecule has 0 bridgehead atoms. The van der Waals surface area contributed by atoms with Crippen LogP contribution < -0.4 is 11.1 Å². The molecule has 0 radical (unpaired) electrons. The predicted molar refractivity (Wildman–Crippen MR) is 173 cm³/mol. The number of carbonyl (C=O) groups excluding carboxylic acids is 6. The van der Waals surface area contributed by atoms with Crippen LogP contribution in [0, 0.1) is 17.8 Å². The van der Waals surface area contributed by atoms with Crippen LogP contribution in [0.2, 0.25) is 0 Å². The highest BCUT2D eigenvalue weighted by Gasteiger charge is 2.38. The van der Waals surface area contributed by atoms with E-state index in [1.54, 1.807) is 20.9 Å². The molecule has 13 heteroatoms. The number of nitrogens with two attached hydrogens (primary N) is 1. The van der Waals surface area contributed by atoms with Gasteiger partial charge in [-0.15, -0.1) is 0 Å². The summed E-state index contributed by atoms with van der Waals surface area (Å²) in [6.45, 7) is 13.2. The Kier molecular flexibility index (Phi) is 18.9. The maximum Gasteiger partial charge on any atom is 0.306 e. The molecule has 0 fully saturated rings. The monoisotopic (exact) mass is 643 g/mol. The fourth-order valence-corrected chi connectivity index (χ4v) is 5.76. The van der Waals surface area contributed by atoms with Crippen molar-refractivity contribution in [3.63, 3.8) is 0 Å². The molecule has 0 aromatic heterocycles. The van der Waals surface area contributed by atoms with Crippen LogP contribution in [0.5, 0.6) is 0 Å². The van der Waals surface area contributed by atoms with Gasteiger partial charge in [0.2, 0.25) is 29.5 Å². The number of primary amides is 1. The highest BCUT2D eigenvalue weighted by molar-refractivity contribution is 7.99. The number of likely N-dealkylation sites (N-methyl/N-ethyl adjacent to an activating group) is 3. The molecule has 4 atom stereocenters. The number of nitrogens with one attached hydrogen (secondary N) is 1. The van der Waals surface area contributed by atoms with Gasteiger partial charge in [0.05, 0.1) is 13.5 Å². The molecule has 0 heterocycles. The Morgan fingerprint density at radius 2 is 1.30 bits per heavy atom. The third-order valence-corrected chi connectivity index (χ3v) is 8.49. The largest absolute Gasteiger partial charge is 0.469 e. The number of amides is 5. The molecule has 0 spiro atoms. The molecule has 0 aromatic rings. The Morgan fingerprint density at radius 3 is 1.75 bits per heavy atom. The van der Waals surface area contributed by atoms with Gasteiger partial charge in [0.1, 0.15) is 24.2 Å². The maximum atomic E-state index is 14.0. The third kappa shape index (κ3) is 13.4. The molecule has 44 heavy (non-hydrogen) atoms. The zero-order chi connectivity index (χ0) is 34.3. The van der Waals surface area contributed by atoms with E-state index in [1.165, 1.54) is 47.7 Å². The lowest BCUT2D eigenvalue weighted by Crippen LogP contribution is -2.60. The highest BCUT2D eigenvalue weighted by Crippen LogP contribution is 2.19. The SMILES string of the molecule is CCCC(=O)N(C)[C@H](CSCCC(=O)OC)C(=O)N(C)[C@@H](CC(C)C)C(=O)N[C@H](C(=O)N(C)[C@@H](CC(C)C)C(N)=O)C(C)C. The van der Waals surface area contributed by atoms with Crippen molar-refractivity contribution in [2.75, 3.05) is 39.8 Å². The molecular weight excluding hydrogens is 586 g/mol. The Bertz CT molecular complexity index is 975. The topological polar surface area (TPSA) is 159 Å². The van der Waals surface area contributed by atoms with Crippen molar-refractivity contribution in [2.24, 2.45) is 23.5 Å². The minimum absolute atomic E-state index is 0.0227. The molecule has 0 rings (SSSR count). The third-order valence-electron chi connectivity index (χ3n) is 7.44. The van der Waals surface area contributed by atoms with Crippen LogP contribution in [-0.2, 0) is 33.5 Å². The second-order valence-electron chi connectivity index (χ2n) is 12.5. The van der Waals surface area contributed by atoms with Crippen LogP contribution >= 0.6 is 11.8 Å². The van der Waals surface area contributed by atoms with Crippen molar-refractivity contribution in [1.82, 2.24) is 20.0 Å². The van der Waals surface area contributed by atoms with Gasteiger partial charge in [0, 0.05) is 39.1 Å². The molecule has 0 aliphatic rings. The average Bonchev–Trinajstić information content (AvgIpc) is 2.94. The molecule has 0 aromatic carbocycles. The first-order chi connectivity index (χ1) is 20.4. The van der Waals surface area contributed by atoms with Crippen molar-refractivity contribution in [3.8, 4) is 0 Å². The number of nitrogens with zero attached hydrogens (tertiary/aromatic N) is 3. The summed E-state index contributed by atoms with van der Waals surface area (Å²) in [4.78, 5) is 82.0. The van der Waals surface area contributed by atoms with Gasteiger partial charge in [-0.2, -0.15) is 11.8 Å². The van der Waals surface area contributed by atoms with Gasteiger partial charge in [-0.25, -0.2) is 0 Å². The van der Waals surface area contributed by atoms with E-state index in [9.17, 15) is 28.8 Å². The van der Waals surface area contributed by atoms with E-state index in [0.717, 1.165) is 0 Å². The van der Waals surface area contributed by atoms with Gasteiger partial charge in [-0.1, -0.05) is 48.5 Å². The van der Waals surface area contributed by atoms with Crippen molar-refractivity contribution < 1.29 is 33.5 Å². The van der Waals surface area contributed by atoms with Crippen molar-refractivity contribution >= 4 is 47.3 Å². The fourth-order valence-electron chi connectivity index (χ4n) is 4.69. The minimum Gasteiger partial charge on any atom is -0.469 e.